The molecule has 0 nitrogen and oxygen atoms in total. The summed E-state index contributed by atoms with van der Waals surface area (Å²) in [7, 11) is 0. The predicted octanol–water partition coefficient (Wildman–Crippen LogP) is 7.83. The molecule has 144 valence electrons. The molecule has 0 saturated carbocycles. The topological polar surface area (TPSA) is 0 Å². The molecule has 1 aliphatic rings. The van der Waals surface area contributed by atoms with Crippen LogP contribution in [-0.4, -0.2) is 0 Å². The molecule has 0 heteroatoms. The molecule has 0 atom stereocenters. The minimum Gasteiger partial charge on any atom is -0.0620 e. The smallest absolute Gasteiger partial charge is 0.00132 e. The molecule has 0 spiro atoms. The van der Waals surface area contributed by atoms with Gasteiger partial charge in [0.25, 0.3) is 0 Å². The number of hydrogen-bond donors (Lipinski definition) is 0. The fraction of sp³-hybridized carbons (Fsp3) is 0.357. The Hall–Kier alpha value is -2.34. The maximum absolute atomic E-state index is 2.48. The molecule has 0 aromatic heterocycles. The van der Waals surface area contributed by atoms with Gasteiger partial charge in [0.05, 0.1) is 0 Å². The number of benzene rings is 3. The van der Waals surface area contributed by atoms with E-state index in [0.717, 1.165) is 6.42 Å². The van der Waals surface area contributed by atoms with Crippen LogP contribution in [0.4, 0.5) is 0 Å². The van der Waals surface area contributed by atoms with Gasteiger partial charge in [0.15, 0.2) is 0 Å². The van der Waals surface area contributed by atoms with Crippen molar-refractivity contribution in [2.75, 3.05) is 0 Å². The van der Waals surface area contributed by atoms with Crippen LogP contribution < -0.4 is 0 Å². The van der Waals surface area contributed by atoms with E-state index >= 15 is 0 Å². The Morgan fingerprint density at radius 1 is 0.607 bits per heavy atom. The summed E-state index contributed by atoms with van der Waals surface area (Å²) < 4.78 is 0. The lowest BCUT2D eigenvalue weighted by Gasteiger charge is -2.26. The Morgan fingerprint density at radius 3 is 1.93 bits per heavy atom. The van der Waals surface area contributed by atoms with Gasteiger partial charge in [-0.05, 0) is 86.4 Å². The van der Waals surface area contributed by atoms with Crippen LogP contribution in [0.15, 0.2) is 54.6 Å². The van der Waals surface area contributed by atoms with E-state index in [2.05, 4.69) is 103 Å². The van der Waals surface area contributed by atoms with Crippen LogP contribution >= 0.6 is 0 Å². The molecular weight excluding hydrogens is 336 g/mol. The average Bonchev–Trinajstić information content (AvgIpc) is 2.96. The molecule has 0 bridgehead atoms. The number of aryl methyl sites for hydroxylation is 1. The fourth-order valence-corrected chi connectivity index (χ4v) is 4.41. The van der Waals surface area contributed by atoms with Crippen LogP contribution in [0.1, 0.15) is 69.4 Å². The van der Waals surface area contributed by atoms with Gasteiger partial charge in [0, 0.05) is 0 Å². The summed E-state index contributed by atoms with van der Waals surface area (Å²) in [5.41, 5.74) is 13.0. The first kappa shape index (κ1) is 19.0. The Labute approximate surface area is 170 Å². The second-order valence-electron chi connectivity index (χ2n) is 10.4. The first-order chi connectivity index (χ1) is 13.1. The monoisotopic (exact) mass is 368 g/mol. The lowest BCUT2D eigenvalue weighted by molar-refractivity contribution is 0.590. The quantitative estimate of drug-likeness (QED) is 0.321. The van der Waals surface area contributed by atoms with Crippen molar-refractivity contribution in [3.05, 3.63) is 82.4 Å². The van der Waals surface area contributed by atoms with Gasteiger partial charge < -0.3 is 0 Å². The molecular formula is C28H32. The molecule has 28 heavy (non-hydrogen) atoms. The summed E-state index contributed by atoms with van der Waals surface area (Å²) in [4.78, 5) is 0. The Morgan fingerprint density at radius 2 is 1.29 bits per heavy atom. The molecule has 4 rings (SSSR count). The van der Waals surface area contributed by atoms with Crippen molar-refractivity contribution in [3.63, 3.8) is 0 Å². The van der Waals surface area contributed by atoms with Crippen molar-refractivity contribution in [3.8, 4) is 22.3 Å². The van der Waals surface area contributed by atoms with Crippen molar-refractivity contribution in [2.45, 2.75) is 65.7 Å². The third-order valence-corrected chi connectivity index (χ3v) is 6.13. The van der Waals surface area contributed by atoms with Crippen LogP contribution in [0.5, 0.6) is 0 Å². The molecule has 0 amide bonds. The van der Waals surface area contributed by atoms with Crippen LogP contribution in [0.25, 0.3) is 22.3 Å². The van der Waals surface area contributed by atoms with E-state index in [1.54, 1.807) is 0 Å². The van der Waals surface area contributed by atoms with Crippen molar-refractivity contribution < 1.29 is 0 Å². The van der Waals surface area contributed by atoms with Crippen LogP contribution in [0, 0.1) is 6.92 Å². The van der Waals surface area contributed by atoms with Crippen molar-refractivity contribution >= 4 is 0 Å². The molecule has 0 saturated heterocycles. The van der Waals surface area contributed by atoms with E-state index in [1.807, 2.05) is 0 Å². The highest BCUT2D eigenvalue weighted by Gasteiger charge is 2.27. The van der Waals surface area contributed by atoms with Crippen molar-refractivity contribution in [1.82, 2.24) is 0 Å². The Balaban J connectivity index is 1.96. The van der Waals surface area contributed by atoms with E-state index in [1.165, 1.54) is 50.1 Å². The highest BCUT2D eigenvalue weighted by Crippen LogP contribution is 2.45. The van der Waals surface area contributed by atoms with Crippen molar-refractivity contribution in [2.24, 2.45) is 0 Å². The molecule has 0 aliphatic heterocycles. The lowest BCUT2D eigenvalue weighted by atomic mass is 9.79. The molecule has 3 aromatic carbocycles. The second kappa shape index (κ2) is 6.34. The van der Waals surface area contributed by atoms with Crippen LogP contribution in [0.2, 0.25) is 0 Å². The van der Waals surface area contributed by atoms with Gasteiger partial charge in [0.1, 0.15) is 0 Å². The van der Waals surface area contributed by atoms with Gasteiger partial charge in [-0.1, -0.05) is 84.0 Å². The minimum atomic E-state index is 0.0943. The third kappa shape index (κ3) is 3.20. The van der Waals surface area contributed by atoms with Gasteiger partial charge in [-0.2, -0.15) is 0 Å². The van der Waals surface area contributed by atoms with Crippen molar-refractivity contribution in [1.29, 1.82) is 0 Å². The lowest BCUT2D eigenvalue weighted by Crippen LogP contribution is -2.13. The maximum atomic E-state index is 2.48. The molecule has 0 radical (unpaired) electrons. The number of hydrogen-bond acceptors (Lipinski definition) is 0. The minimum absolute atomic E-state index is 0.0943. The average molecular weight is 369 g/mol. The zero-order valence-electron chi connectivity index (χ0n) is 18.4. The molecule has 0 unspecified atom stereocenters. The predicted molar refractivity (Wildman–Crippen MR) is 122 cm³/mol. The van der Waals surface area contributed by atoms with Crippen LogP contribution in [-0.2, 0) is 17.3 Å². The molecule has 0 heterocycles. The van der Waals surface area contributed by atoms with E-state index in [0.29, 0.717) is 0 Å². The zero-order valence-corrected chi connectivity index (χ0v) is 18.4. The molecule has 3 aromatic rings. The molecule has 1 aliphatic carbocycles. The molecule has 0 N–H and O–H groups in total. The summed E-state index contributed by atoms with van der Waals surface area (Å²) in [6.07, 6.45) is 1.04. The first-order valence-electron chi connectivity index (χ1n) is 10.4. The fourth-order valence-electron chi connectivity index (χ4n) is 4.41. The standard InChI is InChI=1S/C28H32/c1-18-10-8-9-11-22(18)25-15-20-14-19-12-13-21(27(2,3)4)16-23(19)24(20)17-26(25)28(5,6)7/h8-13,15-17H,14H2,1-7H3. The SMILES string of the molecule is Cc1ccccc1-c1cc2c(cc1C(C)(C)C)-c1cc(C(C)(C)C)ccc1C2. The largest absolute Gasteiger partial charge is 0.0620 e. The summed E-state index contributed by atoms with van der Waals surface area (Å²) in [6.45, 7) is 16.1. The number of fused-ring (bicyclic) bond motifs is 3. The summed E-state index contributed by atoms with van der Waals surface area (Å²) >= 11 is 0. The summed E-state index contributed by atoms with van der Waals surface area (Å²) in [6, 6.07) is 20.8. The second-order valence-corrected chi connectivity index (χ2v) is 10.4. The van der Waals surface area contributed by atoms with Gasteiger partial charge in [0.2, 0.25) is 0 Å². The first-order valence-corrected chi connectivity index (χ1v) is 10.4. The van der Waals surface area contributed by atoms with E-state index in [-0.39, 0.29) is 10.8 Å². The summed E-state index contributed by atoms with van der Waals surface area (Å²) in [5, 5.41) is 0. The van der Waals surface area contributed by atoms with Crippen LogP contribution in [0.3, 0.4) is 0 Å². The highest BCUT2D eigenvalue weighted by molar-refractivity contribution is 5.84. The number of rotatable bonds is 1. The van der Waals surface area contributed by atoms with Gasteiger partial charge >= 0.3 is 0 Å². The van der Waals surface area contributed by atoms with Gasteiger partial charge in [-0.15, -0.1) is 0 Å². The Bertz CT molecular complexity index is 1050. The normalized spacial score (nSPS) is 13.4. The van der Waals surface area contributed by atoms with Gasteiger partial charge in [-0.3, -0.25) is 0 Å². The Kier molecular flexibility index (Phi) is 4.30. The highest BCUT2D eigenvalue weighted by atomic mass is 14.3. The maximum Gasteiger partial charge on any atom is -0.00132 e. The summed E-state index contributed by atoms with van der Waals surface area (Å²) in [5.74, 6) is 0. The van der Waals surface area contributed by atoms with Gasteiger partial charge in [-0.25, -0.2) is 0 Å². The van der Waals surface area contributed by atoms with E-state index < -0.39 is 0 Å². The third-order valence-electron chi connectivity index (χ3n) is 6.13. The molecule has 0 fully saturated rings. The zero-order chi connectivity index (χ0) is 20.3. The van der Waals surface area contributed by atoms with E-state index in [4.69, 9.17) is 0 Å². The van der Waals surface area contributed by atoms with E-state index in [9.17, 15) is 0 Å².